The van der Waals surface area contributed by atoms with Crippen molar-refractivity contribution in [1.29, 1.82) is 0 Å². The molecular weight excluding hydrogens is 206 g/mol. The Hall–Kier alpha value is -1.36. The van der Waals surface area contributed by atoms with E-state index < -0.39 is 5.97 Å². The molecule has 2 rings (SSSR count). The van der Waals surface area contributed by atoms with Crippen molar-refractivity contribution in [3.05, 3.63) is 17.0 Å². The molecule has 2 atom stereocenters. The summed E-state index contributed by atoms with van der Waals surface area (Å²) in [6, 6.07) is 0.156. The van der Waals surface area contributed by atoms with Crippen molar-refractivity contribution >= 4 is 5.97 Å². The molecule has 0 aromatic carbocycles. The number of carboxylic acids is 1. The largest absolute Gasteiger partial charge is 0.481 e. The number of fused-ring (bicyclic) bond motifs is 1. The second-order valence-electron chi connectivity index (χ2n) is 4.66. The Morgan fingerprint density at radius 3 is 2.81 bits per heavy atom. The summed E-state index contributed by atoms with van der Waals surface area (Å²) in [6.07, 6.45) is 1.20. The van der Waals surface area contributed by atoms with Gasteiger partial charge in [-0.3, -0.25) is 9.89 Å². The lowest BCUT2D eigenvalue weighted by molar-refractivity contribution is -0.142. The Bertz CT molecular complexity index is 411. The lowest BCUT2D eigenvalue weighted by Gasteiger charge is -2.31. The minimum atomic E-state index is -0.724. The maximum Gasteiger partial charge on any atom is 0.306 e. The van der Waals surface area contributed by atoms with Crippen LogP contribution in [-0.4, -0.2) is 40.3 Å². The minimum absolute atomic E-state index is 0.156. The van der Waals surface area contributed by atoms with E-state index in [0.29, 0.717) is 12.8 Å². The molecule has 1 aromatic heterocycles. The van der Waals surface area contributed by atoms with Gasteiger partial charge in [0.05, 0.1) is 11.6 Å². The van der Waals surface area contributed by atoms with Gasteiger partial charge in [-0.25, -0.2) is 0 Å². The van der Waals surface area contributed by atoms with E-state index in [1.807, 2.05) is 21.0 Å². The van der Waals surface area contributed by atoms with Gasteiger partial charge in [-0.15, -0.1) is 0 Å². The Morgan fingerprint density at radius 1 is 1.56 bits per heavy atom. The third-order valence-corrected chi connectivity index (χ3v) is 3.33. The summed E-state index contributed by atoms with van der Waals surface area (Å²) in [5.41, 5.74) is 3.15. The topological polar surface area (TPSA) is 69.2 Å². The molecule has 0 bridgehead atoms. The van der Waals surface area contributed by atoms with Crippen LogP contribution in [0.25, 0.3) is 0 Å². The third-order valence-electron chi connectivity index (χ3n) is 3.33. The number of carboxylic acid groups (broad SMARTS) is 1. The van der Waals surface area contributed by atoms with Crippen molar-refractivity contribution in [3.8, 4) is 0 Å². The number of nitrogens with one attached hydrogen (secondary N) is 1. The average Bonchev–Trinajstić information content (AvgIpc) is 2.59. The van der Waals surface area contributed by atoms with E-state index in [0.717, 1.165) is 11.4 Å². The maximum absolute atomic E-state index is 11.1. The molecule has 0 radical (unpaired) electrons. The first kappa shape index (κ1) is 11.1. The number of rotatable bonds is 2. The Kier molecular flexibility index (Phi) is 2.71. The van der Waals surface area contributed by atoms with Crippen LogP contribution in [0.15, 0.2) is 0 Å². The van der Waals surface area contributed by atoms with Gasteiger partial charge >= 0.3 is 5.97 Å². The predicted molar refractivity (Wildman–Crippen MR) is 59.2 cm³/mol. The second kappa shape index (κ2) is 3.90. The zero-order valence-electron chi connectivity index (χ0n) is 9.82. The molecule has 0 saturated heterocycles. The lowest BCUT2D eigenvalue weighted by Crippen LogP contribution is -2.32. The maximum atomic E-state index is 11.1. The first-order valence-corrected chi connectivity index (χ1v) is 5.43. The van der Waals surface area contributed by atoms with E-state index in [1.54, 1.807) is 0 Å². The van der Waals surface area contributed by atoms with Gasteiger partial charge in [0.15, 0.2) is 0 Å². The number of hydrogen-bond donors (Lipinski definition) is 2. The summed E-state index contributed by atoms with van der Waals surface area (Å²) in [6.45, 7) is 1.99. The Morgan fingerprint density at radius 2 is 2.25 bits per heavy atom. The van der Waals surface area contributed by atoms with Crippen LogP contribution in [0.4, 0.5) is 0 Å². The summed E-state index contributed by atoms with van der Waals surface area (Å²) in [4.78, 5) is 13.1. The molecule has 5 nitrogen and oxygen atoms in total. The Balaban J connectivity index is 2.39. The van der Waals surface area contributed by atoms with Crippen LogP contribution in [0.1, 0.15) is 29.4 Å². The van der Waals surface area contributed by atoms with Crippen molar-refractivity contribution in [2.24, 2.45) is 5.92 Å². The van der Waals surface area contributed by atoms with Crippen LogP contribution >= 0.6 is 0 Å². The molecule has 2 N–H and O–H groups in total. The number of aliphatic carboxylic acids is 1. The van der Waals surface area contributed by atoms with Crippen LogP contribution in [0.5, 0.6) is 0 Å². The fraction of sp³-hybridized carbons (Fsp3) is 0.636. The van der Waals surface area contributed by atoms with Gasteiger partial charge in [-0.1, -0.05) is 0 Å². The summed E-state index contributed by atoms with van der Waals surface area (Å²) in [5, 5.41) is 16.3. The molecular formula is C11H17N3O2. The van der Waals surface area contributed by atoms with Gasteiger partial charge in [0.25, 0.3) is 0 Å². The standard InChI is InChI=1S/C11H17N3O2/c1-6-10-8(13-12-6)4-7(11(15)16)5-9(10)14(2)3/h7,9H,4-5H2,1-3H3,(H,12,13)(H,15,16). The van der Waals surface area contributed by atoms with Crippen LogP contribution in [0.3, 0.4) is 0 Å². The van der Waals surface area contributed by atoms with Crippen LogP contribution in [-0.2, 0) is 11.2 Å². The first-order valence-electron chi connectivity index (χ1n) is 5.43. The number of H-pyrrole nitrogens is 1. The molecule has 0 saturated carbocycles. The summed E-state index contributed by atoms with van der Waals surface area (Å²) in [5.74, 6) is -1.04. The number of hydrogen-bond acceptors (Lipinski definition) is 3. The molecule has 0 spiro atoms. The highest BCUT2D eigenvalue weighted by molar-refractivity contribution is 5.71. The number of aryl methyl sites for hydroxylation is 1. The number of nitrogens with zero attached hydrogens (tertiary/aromatic N) is 2. The quantitative estimate of drug-likeness (QED) is 0.783. The molecule has 1 heterocycles. The summed E-state index contributed by atoms with van der Waals surface area (Å²) < 4.78 is 0. The monoisotopic (exact) mass is 223 g/mol. The molecule has 0 fully saturated rings. The van der Waals surface area contributed by atoms with Gasteiger partial charge < -0.3 is 10.0 Å². The van der Waals surface area contributed by atoms with E-state index in [9.17, 15) is 4.79 Å². The van der Waals surface area contributed by atoms with E-state index in [1.165, 1.54) is 5.56 Å². The highest BCUT2D eigenvalue weighted by atomic mass is 16.4. The van der Waals surface area contributed by atoms with Crippen LogP contribution in [0, 0.1) is 12.8 Å². The molecule has 1 aliphatic carbocycles. The zero-order chi connectivity index (χ0) is 11.9. The van der Waals surface area contributed by atoms with Crippen molar-refractivity contribution < 1.29 is 9.90 Å². The third kappa shape index (κ3) is 1.71. The molecule has 2 unspecified atom stereocenters. The first-order chi connectivity index (χ1) is 7.50. The van der Waals surface area contributed by atoms with Crippen LogP contribution in [0.2, 0.25) is 0 Å². The highest BCUT2D eigenvalue weighted by Gasteiger charge is 2.34. The second-order valence-corrected chi connectivity index (χ2v) is 4.66. The molecule has 0 aliphatic heterocycles. The van der Waals surface area contributed by atoms with E-state index in [2.05, 4.69) is 15.1 Å². The molecule has 1 aliphatic rings. The molecule has 1 aromatic rings. The summed E-state index contributed by atoms with van der Waals surface area (Å²) >= 11 is 0. The van der Waals surface area contributed by atoms with Gasteiger partial charge in [0, 0.05) is 23.7 Å². The van der Waals surface area contributed by atoms with Crippen molar-refractivity contribution in [3.63, 3.8) is 0 Å². The normalized spacial score (nSPS) is 24.5. The molecule has 88 valence electrons. The summed E-state index contributed by atoms with van der Waals surface area (Å²) in [7, 11) is 3.95. The van der Waals surface area contributed by atoms with Gasteiger partial charge in [0.1, 0.15) is 0 Å². The van der Waals surface area contributed by atoms with Crippen molar-refractivity contribution in [2.75, 3.05) is 14.1 Å². The number of aromatic nitrogens is 2. The molecule has 0 amide bonds. The highest BCUT2D eigenvalue weighted by Crippen LogP contribution is 2.36. The van der Waals surface area contributed by atoms with Gasteiger partial charge in [-0.05, 0) is 27.4 Å². The van der Waals surface area contributed by atoms with Gasteiger partial charge in [0.2, 0.25) is 0 Å². The average molecular weight is 223 g/mol. The van der Waals surface area contributed by atoms with Crippen LogP contribution < -0.4 is 0 Å². The predicted octanol–water partition coefficient (Wildman–Crippen LogP) is 0.968. The Labute approximate surface area is 94.5 Å². The number of aromatic amines is 1. The van der Waals surface area contributed by atoms with E-state index in [-0.39, 0.29) is 12.0 Å². The van der Waals surface area contributed by atoms with E-state index >= 15 is 0 Å². The van der Waals surface area contributed by atoms with E-state index in [4.69, 9.17) is 5.11 Å². The SMILES string of the molecule is Cc1[nH]nc2c1C(N(C)C)CC(C(=O)O)C2. The number of carbonyl (C=O) groups is 1. The van der Waals surface area contributed by atoms with Crippen molar-refractivity contribution in [1.82, 2.24) is 15.1 Å². The van der Waals surface area contributed by atoms with Crippen molar-refractivity contribution in [2.45, 2.75) is 25.8 Å². The fourth-order valence-electron chi connectivity index (χ4n) is 2.45. The zero-order valence-corrected chi connectivity index (χ0v) is 9.82. The smallest absolute Gasteiger partial charge is 0.306 e. The van der Waals surface area contributed by atoms with Gasteiger partial charge in [-0.2, -0.15) is 5.10 Å². The lowest BCUT2D eigenvalue weighted by atomic mass is 9.83. The fourth-order valence-corrected chi connectivity index (χ4v) is 2.45. The minimum Gasteiger partial charge on any atom is -0.481 e. The molecule has 16 heavy (non-hydrogen) atoms. The molecule has 5 heteroatoms.